The molecule has 0 aromatic heterocycles. The molecule has 1 aliphatic rings. The summed E-state index contributed by atoms with van der Waals surface area (Å²) in [6, 6.07) is 9.85. The number of hydrogen-bond donors (Lipinski definition) is 1. The van der Waals surface area contributed by atoms with Crippen LogP contribution in [-0.2, 0) is 0 Å². The quantitative estimate of drug-likeness (QED) is 0.797. The highest BCUT2D eigenvalue weighted by molar-refractivity contribution is 5.37. The SMILES string of the molecule is CCCC(CC)NC1CC(c2ccccc2OC)C1. The van der Waals surface area contributed by atoms with Crippen molar-refractivity contribution >= 4 is 0 Å². The summed E-state index contributed by atoms with van der Waals surface area (Å²) in [5.74, 6) is 1.72. The maximum atomic E-state index is 5.46. The molecule has 1 atom stereocenters. The van der Waals surface area contributed by atoms with E-state index < -0.39 is 0 Å². The number of methoxy groups -OCH3 is 1. The zero-order chi connectivity index (χ0) is 13.7. The lowest BCUT2D eigenvalue weighted by Gasteiger charge is -2.39. The molecule has 1 aromatic rings. The van der Waals surface area contributed by atoms with Crippen molar-refractivity contribution in [3.8, 4) is 5.75 Å². The van der Waals surface area contributed by atoms with Crippen molar-refractivity contribution in [2.75, 3.05) is 7.11 Å². The second kappa shape index (κ2) is 6.95. The first-order valence-corrected chi connectivity index (χ1v) is 7.67. The van der Waals surface area contributed by atoms with Crippen LogP contribution in [0.1, 0.15) is 57.4 Å². The molecule has 106 valence electrons. The summed E-state index contributed by atoms with van der Waals surface area (Å²) in [5.41, 5.74) is 1.38. The van der Waals surface area contributed by atoms with Gasteiger partial charge in [-0.15, -0.1) is 0 Å². The topological polar surface area (TPSA) is 21.3 Å². The van der Waals surface area contributed by atoms with E-state index in [2.05, 4.69) is 37.4 Å². The van der Waals surface area contributed by atoms with Crippen molar-refractivity contribution in [2.24, 2.45) is 0 Å². The van der Waals surface area contributed by atoms with Crippen LogP contribution in [0.3, 0.4) is 0 Å². The molecular formula is C17H27NO. The zero-order valence-electron chi connectivity index (χ0n) is 12.5. The van der Waals surface area contributed by atoms with Crippen LogP contribution in [0.2, 0.25) is 0 Å². The molecule has 1 saturated carbocycles. The highest BCUT2D eigenvalue weighted by Crippen LogP contribution is 2.41. The molecule has 0 bridgehead atoms. The molecule has 2 nitrogen and oxygen atoms in total. The second-order valence-corrected chi connectivity index (χ2v) is 5.67. The van der Waals surface area contributed by atoms with Crippen LogP contribution >= 0.6 is 0 Å². The molecule has 2 heteroatoms. The van der Waals surface area contributed by atoms with Crippen LogP contribution in [0, 0.1) is 0 Å². The van der Waals surface area contributed by atoms with Gasteiger partial charge in [-0.1, -0.05) is 38.5 Å². The maximum absolute atomic E-state index is 5.46. The van der Waals surface area contributed by atoms with Crippen molar-refractivity contribution in [3.05, 3.63) is 29.8 Å². The van der Waals surface area contributed by atoms with Crippen molar-refractivity contribution in [1.29, 1.82) is 0 Å². The monoisotopic (exact) mass is 261 g/mol. The van der Waals surface area contributed by atoms with Crippen molar-refractivity contribution in [2.45, 2.75) is 64.0 Å². The first kappa shape index (κ1) is 14.4. The molecule has 1 aromatic carbocycles. The van der Waals surface area contributed by atoms with E-state index in [1.54, 1.807) is 7.11 Å². The largest absolute Gasteiger partial charge is 0.496 e. The minimum absolute atomic E-state index is 0.674. The Morgan fingerprint density at radius 1 is 1.26 bits per heavy atom. The van der Waals surface area contributed by atoms with Gasteiger partial charge in [0.2, 0.25) is 0 Å². The van der Waals surface area contributed by atoms with Gasteiger partial charge in [-0.3, -0.25) is 0 Å². The van der Waals surface area contributed by atoms with E-state index in [9.17, 15) is 0 Å². The van der Waals surface area contributed by atoms with Gasteiger partial charge < -0.3 is 10.1 Å². The summed E-state index contributed by atoms with van der Waals surface area (Å²) in [6.45, 7) is 4.55. The first-order chi connectivity index (χ1) is 9.28. The highest BCUT2D eigenvalue weighted by Gasteiger charge is 2.32. The molecule has 1 N–H and O–H groups in total. The van der Waals surface area contributed by atoms with Crippen LogP contribution in [0.15, 0.2) is 24.3 Å². The molecule has 0 heterocycles. The summed E-state index contributed by atoms with van der Waals surface area (Å²) >= 11 is 0. The summed E-state index contributed by atoms with van der Waals surface area (Å²) in [6.07, 6.45) is 6.31. The normalized spacial score (nSPS) is 23.7. The van der Waals surface area contributed by atoms with E-state index in [4.69, 9.17) is 4.74 Å². The van der Waals surface area contributed by atoms with Gasteiger partial charge in [-0.05, 0) is 43.2 Å². The third-order valence-electron chi connectivity index (χ3n) is 4.32. The van der Waals surface area contributed by atoms with Gasteiger partial charge in [0.25, 0.3) is 0 Å². The molecule has 0 aliphatic heterocycles. The van der Waals surface area contributed by atoms with Gasteiger partial charge >= 0.3 is 0 Å². The number of hydrogen-bond acceptors (Lipinski definition) is 2. The molecule has 0 spiro atoms. The molecule has 0 amide bonds. The molecule has 2 rings (SSSR count). The fourth-order valence-electron chi connectivity index (χ4n) is 3.10. The third-order valence-corrected chi connectivity index (χ3v) is 4.32. The van der Waals surface area contributed by atoms with E-state index in [0.29, 0.717) is 18.0 Å². The maximum Gasteiger partial charge on any atom is 0.122 e. The van der Waals surface area contributed by atoms with Gasteiger partial charge in [-0.25, -0.2) is 0 Å². The zero-order valence-corrected chi connectivity index (χ0v) is 12.5. The lowest BCUT2D eigenvalue weighted by molar-refractivity contribution is 0.251. The first-order valence-electron chi connectivity index (χ1n) is 7.67. The van der Waals surface area contributed by atoms with Crippen LogP contribution in [0.5, 0.6) is 5.75 Å². The Labute approximate surface area is 117 Å². The van der Waals surface area contributed by atoms with Crippen molar-refractivity contribution in [1.82, 2.24) is 5.32 Å². The highest BCUT2D eigenvalue weighted by atomic mass is 16.5. The molecular weight excluding hydrogens is 234 g/mol. The Morgan fingerprint density at radius 2 is 2.00 bits per heavy atom. The Balaban J connectivity index is 1.85. The second-order valence-electron chi connectivity index (χ2n) is 5.67. The molecule has 19 heavy (non-hydrogen) atoms. The summed E-state index contributed by atoms with van der Waals surface area (Å²) < 4.78 is 5.46. The molecule has 0 saturated heterocycles. The Hall–Kier alpha value is -1.02. The van der Waals surface area contributed by atoms with Crippen molar-refractivity contribution < 1.29 is 4.74 Å². The summed E-state index contributed by atoms with van der Waals surface area (Å²) in [7, 11) is 1.77. The van der Waals surface area contributed by atoms with E-state index in [1.807, 2.05) is 6.07 Å². The lowest BCUT2D eigenvalue weighted by Crippen LogP contribution is -2.45. The molecule has 1 unspecified atom stereocenters. The molecule has 1 aliphatic carbocycles. The van der Waals surface area contributed by atoms with Crippen LogP contribution in [-0.4, -0.2) is 19.2 Å². The Bertz CT molecular complexity index is 385. The van der Waals surface area contributed by atoms with Gasteiger partial charge in [0.15, 0.2) is 0 Å². The fourth-order valence-corrected chi connectivity index (χ4v) is 3.10. The number of ether oxygens (including phenoxy) is 1. The predicted molar refractivity (Wildman–Crippen MR) is 80.9 cm³/mol. The third kappa shape index (κ3) is 3.50. The van der Waals surface area contributed by atoms with E-state index in [-0.39, 0.29) is 0 Å². The Morgan fingerprint density at radius 3 is 2.63 bits per heavy atom. The average Bonchev–Trinajstić information content (AvgIpc) is 2.41. The molecule has 0 radical (unpaired) electrons. The van der Waals surface area contributed by atoms with Gasteiger partial charge in [0.05, 0.1) is 7.11 Å². The number of rotatable bonds is 7. The number of para-hydroxylation sites is 1. The van der Waals surface area contributed by atoms with Gasteiger partial charge in [-0.2, -0.15) is 0 Å². The summed E-state index contributed by atoms with van der Waals surface area (Å²) in [5, 5.41) is 3.80. The van der Waals surface area contributed by atoms with E-state index >= 15 is 0 Å². The minimum Gasteiger partial charge on any atom is -0.496 e. The van der Waals surface area contributed by atoms with E-state index in [0.717, 1.165) is 5.75 Å². The Kier molecular flexibility index (Phi) is 5.26. The van der Waals surface area contributed by atoms with Crippen LogP contribution < -0.4 is 10.1 Å². The van der Waals surface area contributed by atoms with E-state index in [1.165, 1.54) is 37.7 Å². The minimum atomic E-state index is 0.674. The van der Waals surface area contributed by atoms with Gasteiger partial charge in [0, 0.05) is 12.1 Å². The smallest absolute Gasteiger partial charge is 0.122 e. The summed E-state index contributed by atoms with van der Waals surface area (Å²) in [4.78, 5) is 0. The number of benzene rings is 1. The van der Waals surface area contributed by atoms with Gasteiger partial charge in [0.1, 0.15) is 5.75 Å². The van der Waals surface area contributed by atoms with Crippen LogP contribution in [0.25, 0.3) is 0 Å². The van der Waals surface area contributed by atoms with Crippen molar-refractivity contribution in [3.63, 3.8) is 0 Å². The average molecular weight is 261 g/mol. The number of nitrogens with one attached hydrogen (secondary N) is 1. The lowest BCUT2D eigenvalue weighted by atomic mass is 9.75. The predicted octanol–water partition coefficient (Wildman–Crippen LogP) is 4.11. The molecule has 1 fully saturated rings. The fraction of sp³-hybridized carbons (Fsp3) is 0.647. The standard InChI is InChI=1S/C17H27NO/c1-4-8-14(5-2)18-15-11-13(12-15)16-9-6-7-10-17(16)19-3/h6-7,9-10,13-15,18H,4-5,8,11-12H2,1-3H3. The van der Waals surface area contributed by atoms with Crippen LogP contribution in [0.4, 0.5) is 0 Å².